The van der Waals surface area contributed by atoms with Crippen LogP contribution in [0.15, 0.2) is 6.20 Å². The number of halogens is 1. The number of nitrogens with zero attached hydrogens (tertiary/aromatic N) is 2. The Labute approximate surface area is 141 Å². The van der Waals surface area contributed by atoms with E-state index >= 15 is 0 Å². The average Bonchev–Trinajstić information content (AvgIpc) is 2.70. The van der Waals surface area contributed by atoms with E-state index in [0.717, 1.165) is 19.3 Å². The van der Waals surface area contributed by atoms with Crippen molar-refractivity contribution < 1.29 is 14.6 Å². The molecule has 0 radical (unpaired) electrons. The lowest BCUT2D eigenvalue weighted by Gasteiger charge is -2.27. The molecule has 23 heavy (non-hydrogen) atoms. The molecule has 0 bridgehead atoms. The van der Waals surface area contributed by atoms with Crippen LogP contribution in [0.4, 0.5) is 5.82 Å². The number of anilines is 1. The zero-order chi connectivity index (χ0) is 17.3. The summed E-state index contributed by atoms with van der Waals surface area (Å²) in [4.78, 5) is 20.2. The molecule has 7 heteroatoms. The van der Waals surface area contributed by atoms with E-state index in [0.29, 0.717) is 11.4 Å². The van der Waals surface area contributed by atoms with E-state index in [9.17, 15) is 9.90 Å². The maximum Gasteiger partial charge on any atom is 0.310 e. The first kappa shape index (κ1) is 17.9. The summed E-state index contributed by atoms with van der Waals surface area (Å²) in [5, 5.41) is 13.7. The highest BCUT2D eigenvalue weighted by molar-refractivity contribution is 6.28. The minimum absolute atomic E-state index is 0.0473. The maximum absolute atomic E-state index is 12.0. The van der Waals surface area contributed by atoms with Crippen molar-refractivity contribution in [3.8, 4) is 0 Å². The first-order valence-corrected chi connectivity index (χ1v) is 8.17. The Bertz CT molecular complexity index is 584. The van der Waals surface area contributed by atoms with Crippen LogP contribution < -0.4 is 5.32 Å². The van der Waals surface area contributed by atoms with Crippen LogP contribution in [0.1, 0.15) is 52.5 Å². The van der Waals surface area contributed by atoms with Gasteiger partial charge in [-0.3, -0.25) is 4.79 Å². The van der Waals surface area contributed by atoms with Gasteiger partial charge in [0.15, 0.2) is 0 Å². The van der Waals surface area contributed by atoms with Gasteiger partial charge in [0.25, 0.3) is 0 Å². The topological polar surface area (TPSA) is 84.3 Å². The molecule has 0 unspecified atom stereocenters. The molecule has 0 spiro atoms. The van der Waals surface area contributed by atoms with Gasteiger partial charge in [0.2, 0.25) is 5.28 Å². The smallest absolute Gasteiger partial charge is 0.310 e. The van der Waals surface area contributed by atoms with Crippen molar-refractivity contribution in [2.75, 3.05) is 5.32 Å². The highest BCUT2D eigenvalue weighted by atomic mass is 35.5. The summed E-state index contributed by atoms with van der Waals surface area (Å²) in [6, 6.07) is -0.133. The first-order valence-electron chi connectivity index (χ1n) is 7.79. The fourth-order valence-electron chi connectivity index (χ4n) is 2.71. The van der Waals surface area contributed by atoms with Crippen molar-refractivity contribution in [3.05, 3.63) is 17.0 Å². The van der Waals surface area contributed by atoms with Gasteiger partial charge in [-0.15, -0.1) is 0 Å². The number of ether oxygens (including phenoxy) is 1. The zero-order valence-corrected chi connectivity index (χ0v) is 14.8. The summed E-state index contributed by atoms with van der Waals surface area (Å²) in [7, 11) is 0. The largest absolute Gasteiger partial charge is 0.460 e. The number of hydrogen-bond donors (Lipinski definition) is 2. The summed E-state index contributed by atoms with van der Waals surface area (Å²) in [6.45, 7) is 7.25. The number of esters is 1. The molecule has 0 saturated heterocycles. The molecule has 2 N–H and O–H groups in total. The van der Waals surface area contributed by atoms with E-state index in [-0.39, 0.29) is 23.7 Å². The summed E-state index contributed by atoms with van der Waals surface area (Å²) in [6.07, 6.45) is 4.06. The standard InChI is InChI=1S/C16H24ClN3O3/c1-15(2,3)23-12(21)8-10-9-18-14(17)20-13(10)19-11-6-5-7-16(11,4)22/h9,11,22H,5-8H2,1-4H3,(H,18,19,20)/t11-,16+/m0/s1. The number of carbonyl (C=O) groups excluding carboxylic acids is 1. The van der Waals surface area contributed by atoms with Crippen LogP contribution in [-0.2, 0) is 16.0 Å². The van der Waals surface area contributed by atoms with E-state index in [1.807, 2.05) is 20.8 Å². The molecule has 2 atom stereocenters. The number of rotatable bonds is 4. The molecule has 1 saturated carbocycles. The fourth-order valence-corrected chi connectivity index (χ4v) is 2.85. The number of nitrogens with one attached hydrogen (secondary N) is 1. The van der Waals surface area contributed by atoms with Crippen molar-refractivity contribution in [1.29, 1.82) is 0 Å². The Hall–Kier alpha value is -1.40. The predicted octanol–water partition coefficient (Wildman–Crippen LogP) is 2.73. The second kappa shape index (κ2) is 6.61. The average molecular weight is 342 g/mol. The highest BCUT2D eigenvalue weighted by Crippen LogP contribution is 2.32. The van der Waals surface area contributed by atoms with Gasteiger partial charge in [-0.25, -0.2) is 9.97 Å². The molecular weight excluding hydrogens is 318 g/mol. The molecule has 1 aliphatic carbocycles. The van der Waals surface area contributed by atoms with Crippen LogP contribution in [0, 0.1) is 0 Å². The van der Waals surface area contributed by atoms with Crippen molar-refractivity contribution in [2.45, 2.75) is 70.6 Å². The first-order chi connectivity index (χ1) is 10.6. The van der Waals surface area contributed by atoms with Crippen LogP contribution in [0.5, 0.6) is 0 Å². The second-order valence-electron chi connectivity index (χ2n) is 7.22. The number of carbonyl (C=O) groups is 1. The molecule has 1 aliphatic rings. The van der Waals surface area contributed by atoms with Gasteiger partial charge in [-0.1, -0.05) is 0 Å². The number of aromatic nitrogens is 2. The Morgan fingerprint density at radius 1 is 1.57 bits per heavy atom. The quantitative estimate of drug-likeness (QED) is 0.647. The molecule has 1 heterocycles. The fraction of sp³-hybridized carbons (Fsp3) is 0.688. The van der Waals surface area contributed by atoms with Gasteiger partial charge >= 0.3 is 5.97 Å². The molecule has 6 nitrogen and oxygen atoms in total. The third-order valence-corrected chi connectivity index (χ3v) is 4.01. The summed E-state index contributed by atoms with van der Waals surface area (Å²) in [5.74, 6) is 0.118. The molecule has 0 aliphatic heterocycles. The van der Waals surface area contributed by atoms with Gasteiger partial charge in [0.1, 0.15) is 11.4 Å². The lowest BCUT2D eigenvalue weighted by molar-refractivity contribution is -0.153. The van der Waals surface area contributed by atoms with Crippen LogP contribution in [0.3, 0.4) is 0 Å². The monoisotopic (exact) mass is 341 g/mol. The normalized spacial score (nSPS) is 24.5. The van der Waals surface area contributed by atoms with Crippen molar-refractivity contribution in [1.82, 2.24) is 9.97 Å². The summed E-state index contributed by atoms with van der Waals surface area (Å²) in [5.41, 5.74) is -0.750. The van der Waals surface area contributed by atoms with Gasteiger partial charge in [-0.05, 0) is 58.6 Å². The minimum Gasteiger partial charge on any atom is -0.460 e. The van der Waals surface area contributed by atoms with E-state index in [4.69, 9.17) is 16.3 Å². The molecular formula is C16H24ClN3O3. The Morgan fingerprint density at radius 3 is 2.83 bits per heavy atom. The second-order valence-corrected chi connectivity index (χ2v) is 7.56. The maximum atomic E-state index is 12.0. The Morgan fingerprint density at radius 2 is 2.26 bits per heavy atom. The third kappa shape index (κ3) is 5.04. The van der Waals surface area contributed by atoms with Crippen LogP contribution in [0.2, 0.25) is 5.28 Å². The number of hydrogen-bond acceptors (Lipinski definition) is 6. The summed E-state index contributed by atoms with van der Waals surface area (Å²) >= 11 is 5.88. The molecule has 2 rings (SSSR count). The molecule has 128 valence electrons. The van der Waals surface area contributed by atoms with Crippen molar-refractivity contribution >= 4 is 23.4 Å². The minimum atomic E-state index is -0.805. The van der Waals surface area contributed by atoms with Crippen LogP contribution in [-0.4, -0.2) is 38.3 Å². The summed E-state index contributed by atoms with van der Waals surface area (Å²) < 4.78 is 5.33. The van der Waals surface area contributed by atoms with Crippen molar-refractivity contribution in [3.63, 3.8) is 0 Å². The molecule has 1 aromatic rings. The molecule has 0 amide bonds. The van der Waals surface area contributed by atoms with Gasteiger partial charge in [-0.2, -0.15) is 0 Å². The molecule has 1 fully saturated rings. The van der Waals surface area contributed by atoms with E-state index in [2.05, 4.69) is 15.3 Å². The third-order valence-electron chi connectivity index (χ3n) is 3.83. The number of aliphatic hydroxyl groups is 1. The SMILES string of the molecule is CC(C)(C)OC(=O)Cc1cnc(Cl)nc1N[C@H]1CCC[C@@]1(C)O. The molecule has 1 aromatic heterocycles. The van der Waals surface area contributed by atoms with Crippen LogP contribution in [0.25, 0.3) is 0 Å². The zero-order valence-electron chi connectivity index (χ0n) is 14.0. The Kier molecular flexibility index (Phi) is 5.16. The van der Waals surface area contributed by atoms with Gasteiger partial charge in [0, 0.05) is 11.8 Å². The van der Waals surface area contributed by atoms with Crippen LogP contribution >= 0.6 is 11.6 Å². The van der Waals surface area contributed by atoms with Gasteiger partial charge < -0.3 is 15.2 Å². The van der Waals surface area contributed by atoms with Crippen molar-refractivity contribution in [2.24, 2.45) is 0 Å². The molecule has 0 aromatic carbocycles. The van der Waals surface area contributed by atoms with E-state index in [1.54, 1.807) is 6.92 Å². The lowest BCUT2D eigenvalue weighted by atomic mass is 10.0. The van der Waals surface area contributed by atoms with E-state index in [1.165, 1.54) is 6.20 Å². The predicted molar refractivity (Wildman–Crippen MR) is 88.5 cm³/mol. The highest BCUT2D eigenvalue weighted by Gasteiger charge is 2.37. The van der Waals surface area contributed by atoms with E-state index < -0.39 is 11.2 Å². The Balaban J connectivity index is 2.16. The lowest BCUT2D eigenvalue weighted by Crippen LogP contribution is -2.40. The van der Waals surface area contributed by atoms with Gasteiger partial charge in [0.05, 0.1) is 18.1 Å².